The fourth-order valence-electron chi connectivity index (χ4n) is 5.53. The zero-order valence-corrected chi connectivity index (χ0v) is 23.0. The monoisotopic (exact) mass is 610 g/mol. The van der Waals surface area contributed by atoms with Gasteiger partial charge in [0.1, 0.15) is 30.3 Å². The number of nitrogens with one attached hydrogen (secondary N) is 3. The standard InChI is InChI=1S/C28H31F5N6O4/c29-11-20(25(30)31)42-12-19(36-27(41)24-23(15-3-4-15)38-43-39-24)26-34-17-6-5-16(8-18(17)35-26)22(14-1-2-14)37-21(40)7-13-9-28(32,33)10-13/h5-6,8,13-15,19-20,22,25H,1-4,7,9-12H2,(H,34,35)(H,36,41)(H,37,40)/t19-,20?,22+/m0/s1. The van der Waals surface area contributed by atoms with Gasteiger partial charge in [0.2, 0.25) is 11.8 Å². The molecule has 10 nitrogen and oxygen atoms in total. The van der Waals surface area contributed by atoms with E-state index in [4.69, 9.17) is 9.37 Å². The lowest BCUT2D eigenvalue weighted by molar-refractivity contribution is -0.134. The van der Waals surface area contributed by atoms with Crippen molar-refractivity contribution in [2.75, 3.05) is 13.3 Å². The Labute approximate surface area is 242 Å². The molecule has 3 N–H and O–H groups in total. The van der Waals surface area contributed by atoms with E-state index in [0.29, 0.717) is 16.7 Å². The van der Waals surface area contributed by atoms with Crippen molar-refractivity contribution in [2.45, 2.75) is 81.4 Å². The minimum Gasteiger partial charge on any atom is -0.367 e. The van der Waals surface area contributed by atoms with Gasteiger partial charge in [-0.05, 0) is 60.4 Å². The molecule has 43 heavy (non-hydrogen) atoms. The molecule has 3 aliphatic rings. The van der Waals surface area contributed by atoms with E-state index < -0.39 is 43.7 Å². The average molecular weight is 611 g/mol. The van der Waals surface area contributed by atoms with Crippen LogP contribution in [-0.4, -0.2) is 63.8 Å². The first-order chi connectivity index (χ1) is 20.6. The molecule has 0 spiro atoms. The summed E-state index contributed by atoms with van der Waals surface area (Å²) < 4.78 is 75.8. The summed E-state index contributed by atoms with van der Waals surface area (Å²) in [6, 6.07) is 3.91. The van der Waals surface area contributed by atoms with Gasteiger partial charge in [-0.15, -0.1) is 0 Å². The number of carbonyl (C=O) groups excluding carboxylic acids is 2. The number of fused-ring (bicyclic) bond motifs is 1. The van der Waals surface area contributed by atoms with Crippen molar-refractivity contribution in [3.8, 4) is 0 Å². The first-order valence-electron chi connectivity index (χ1n) is 14.4. The molecule has 15 heteroatoms. The Bertz CT molecular complexity index is 1460. The molecule has 2 amide bonds. The summed E-state index contributed by atoms with van der Waals surface area (Å²) in [5, 5.41) is 13.2. The van der Waals surface area contributed by atoms with Gasteiger partial charge in [0.15, 0.2) is 5.69 Å². The fraction of sp³-hybridized carbons (Fsp3) is 0.607. The minimum absolute atomic E-state index is 0.0320. The van der Waals surface area contributed by atoms with Gasteiger partial charge < -0.3 is 20.4 Å². The molecule has 0 radical (unpaired) electrons. The van der Waals surface area contributed by atoms with Gasteiger partial charge in [-0.1, -0.05) is 11.2 Å². The third-order valence-corrected chi connectivity index (χ3v) is 8.18. The van der Waals surface area contributed by atoms with E-state index in [-0.39, 0.29) is 60.5 Å². The van der Waals surface area contributed by atoms with Crippen LogP contribution in [0.2, 0.25) is 0 Å². The number of carbonyl (C=O) groups is 2. The zero-order chi connectivity index (χ0) is 30.3. The quantitative estimate of drug-likeness (QED) is 0.221. The molecule has 232 valence electrons. The summed E-state index contributed by atoms with van der Waals surface area (Å²) in [5.74, 6) is -3.55. The van der Waals surface area contributed by atoms with Crippen molar-refractivity contribution in [3.05, 3.63) is 41.0 Å². The van der Waals surface area contributed by atoms with Crippen molar-refractivity contribution < 1.29 is 40.9 Å². The van der Waals surface area contributed by atoms with E-state index in [2.05, 4.69) is 30.9 Å². The Balaban J connectivity index is 1.20. The highest BCUT2D eigenvalue weighted by Crippen LogP contribution is 2.45. The van der Waals surface area contributed by atoms with E-state index in [1.807, 2.05) is 0 Å². The van der Waals surface area contributed by atoms with Gasteiger partial charge in [0.05, 0.1) is 23.7 Å². The molecule has 0 bridgehead atoms. The summed E-state index contributed by atoms with van der Waals surface area (Å²) in [4.78, 5) is 33.4. The molecule has 3 saturated carbocycles. The Morgan fingerprint density at radius 1 is 1.12 bits per heavy atom. The summed E-state index contributed by atoms with van der Waals surface area (Å²) in [5.41, 5.74) is 2.19. The number of benzene rings is 1. The number of hydrogen-bond donors (Lipinski definition) is 3. The molecular formula is C28H31F5N6O4. The van der Waals surface area contributed by atoms with Crippen molar-refractivity contribution in [3.63, 3.8) is 0 Å². The number of aromatic nitrogens is 4. The number of imidazole rings is 1. The largest absolute Gasteiger partial charge is 0.367 e. The van der Waals surface area contributed by atoms with Crippen LogP contribution in [0, 0.1) is 11.8 Å². The van der Waals surface area contributed by atoms with Crippen LogP contribution < -0.4 is 10.6 Å². The van der Waals surface area contributed by atoms with Gasteiger partial charge >= 0.3 is 0 Å². The number of ether oxygens (including phenoxy) is 1. The van der Waals surface area contributed by atoms with Crippen LogP contribution in [0.15, 0.2) is 22.8 Å². The zero-order valence-electron chi connectivity index (χ0n) is 23.0. The number of aromatic amines is 1. The van der Waals surface area contributed by atoms with Crippen LogP contribution in [-0.2, 0) is 9.53 Å². The smallest absolute Gasteiger partial charge is 0.276 e. The van der Waals surface area contributed by atoms with Crippen LogP contribution in [0.1, 0.15) is 90.5 Å². The molecule has 1 unspecified atom stereocenters. The summed E-state index contributed by atoms with van der Waals surface area (Å²) in [7, 11) is 0. The number of rotatable bonds is 14. The van der Waals surface area contributed by atoms with E-state index in [1.54, 1.807) is 18.2 Å². The third-order valence-electron chi connectivity index (χ3n) is 8.18. The highest BCUT2D eigenvalue weighted by Gasteiger charge is 2.46. The number of amides is 2. The third kappa shape index (κ3) is 6.81. The van der Waals surface area contributed by atoms with Crippen LogP contribution in [0.4, 0.5) is 22.0 Å². The van der Waals surface area contributed by atoms with Gasteiger partial charge in [-0.3, -0.25) is 9.59 Å². The van der Waals surface area contributed by atoms with Crippen molar-refractivity contribution >= 4 is 22.8 Å². The van der Waals surface area contributed by atoms with Crippen molar-refractivity contribution in [1.29, 1.82) is 0 Å². The molecule has 3 aromatic rings. The Morgan fingerprint density at radius 3 is 2.53 bits per heavy atom. The second kappa shape index (κ2) is 11.8. The maximum Gasteiger partial charge on any atom is 0.276 e. The molecule has 3 atom stereocenters. The second-order valence-corrected chi connectivity index (χ2v) is 11.8. The molecular weight excluding hydrogens is 579 g/mol. The molecule has 1 aromatic carbocycles. The number of hydrogen-bond acceptors (Lipinski definition) is 7. The summed E-state index contributed by atoms with van der Waals surface area (Å²) in [6.45, 7) is -1.93. The summed E-state index contributed by atoms with van der Waals surface area (Å²) >= 11 is 0. The first kappa shape index (κ1) is 29.5. The number of H-pyrrole nitrogens is 1. The molecule has 2 aromatic heterocycles. The van der Waals surface area contributed by atoms with Crippen LogP contribution >= 0.6 is 0 Å². The second-order valence-electron chi connectivity index (χ2n) is 11.8. The summed E-state index contributed by atoms with van der Waals surface area (Å²) in [6.07, 6.45) is -2.10. The van der Waals surface area contributed by atoms with Crippen molar-refractivity contribution in [1.82, 2.24) is 30.9 Å². The lowest BCUT2D eigenvalue weighted by Gasteiger charge is -2.34. The predicted octanol–water partition coefficient (Wildman–Crippen LogP) is 4.92. The lowest BCUT2D eigenvalue weighted by Crippen LogP contribution is -2.39. The van der Waals surface area contributed by atoms with Crippen LogP contribution in [0.5, 0.6) is 0 Å². The van der Waals surface area contributed by atoms with Gasteiger partial charge in [-0.2, -0.15) is 0 Å². The molecule has 0 aliphatic heterocycles. The van der Waals surface area contributed by atoms with E-state index in [1.165, 1.54) is 0 Å². The molecule has 2 heterocycles. The van der Waals surface area contributed by atoms with E-state index >= 15 is 0 Å². The lowest BCUT2D eigenvalue weighted by atomic mass is 9.79. The maximum absolute atomic E-state index is 13.2. The molecule has 3 aliphatic carbocycles. The van der Waals surface area contributed by atoms with Gasteiger partial charge in [-0.25, -0.2) is 31.6 Å². The van der Waals surface area contributed by atoms with E-state index in [0.717, 1.165) is 31.2 Å². The van der Waals surface area contributed by atoms with E-state index in [9.17, 15) is 31.5 Å². The predicted molar refractivity (Wildman–Crippen MR) is 140 cm³/mol. The normalized spacial score (nSPS) is 20.5. The van der Waals surface area contributed by atoms with Crippen LogP contribution in [0.3, 0.4) is 0 Å². The average Bonchev–Trinajstić information content (AvgIpc) is 3.88. The maximum atomic E-state index is 13.2. The van der Waals surface area contributed by atoms with Gasteiger partial charge in [0.25, 0.3) is 12.3 Å². The molecule has 6 rings (SSSR count). The number of halogens is 5. The van der Waals surface area contributed by atoms with Gasteiger partial charge in [0, 0.05) is 25.2 Å². The van der Waals surface area contributed by atoms with Crippen LogP contribution in [0.25, 0.3) is 11.0 Å². The first-order valence-corrected chi connectivity index (χ1v) is 14.4. The number of nitrogens with zero attached hydrogens (tertiary/aromatic N) is 3. The minimum atomic E-state index is -3.07. The SMILES string of the molecule is O=C(CC1CC(F)(F)C1)N[C@@H](c1ccc2nc([C@H](COC(CF)C(F)F)NC(=O)c3nonc3C3CC3)[nH]c2c1)C1CC1. The fourth-order valence-corrected chi connectivity index (χ4v) is 5.53. The molecule has 0 saturated heterocycles. The Hall–Kier alpha value is -3.62. The number of alkyl halides is 5. The highest BCUT2D eigenvalue weighted by atomic mass is 19.3. The Morgan fingerprint density at radius 2 is 1.88 bits per heavy atom. The highest BCUT2D eigenvalue weighted by molar-refractivity contribution is 5.93. The van der Waals surface area contributed by atoms with Crippen molar-refractivity contribution in [2.24, 2.45) is 11.8 Å². The Kier molecular flexibility index (Phi) is 8.09. The molecule has 3 fully saturated rings. The topological polar surface area (TPSA) is 135 Å².